The second-order valence-electron chi connectivity index (χ2n) is 6.54. The van der Waals surface area contributed by atoms with Crippen molar-refractivity contribution >= 4 is 29.9 Å². The standard InChI is InChI=1S/C21H25FN6O2.HI/c1-4-23-21(28(2)14-15-8-9-18(29-3)16(22)13-15)25-12-10-19-26-20(30-27-19)17-7-5-6-11-24-17;/h5-9,11,13H,4,10,12,14H2,1-3H3,(H,23,25);1H. The molecule has 0 atom stereocenters. The summed E-state index contributed by atoms with van der Waals surface area (Å²) in [4.78, 5) is 15.1. The Morgan fingerprint density at radius 3 is 2.81 bits per heavy atom. The number of aliphatic imine (C=N–C) groups is 1. The van der Waals surface area contributed by atoms with E-state index in [0.717, 1.165) is 5.56 Å². The Balaban J connectivity index is 0.00000341. The number of nitrogens with one attached hydrogen (secondary N) is 1. The summed E-state index contributed by atoms with van der Waals surface area (Å²) in [7, 11) is 3.35. The van der Waals surface area contributed by atoms with Gasteiger partial charge in [0.1, 0.15) is 5.69 Å². The van der Waals surface area contributed by atoms with E-state index in [-0.39, 0.29) is 35.5 Å². The summed E-state index contributed by atoms with van der Waals surface area (Å²) in [5.74, 6) is 1.51. The lowest BCUT2D eigenvalue weighted by atomic mass is 10.2. The number of rotatable bonds is 8. The minimum Gasteiger partial charge on any atom is -0.494 e. The van der Waals surface area contributed by atoms with Crippen LogP contribution in [0.3, 0.4) is 0 Å². The van der Waals surface area contributed by atoms with Gasteiger partial charge >= 0.3 is 0 Å². The van der Waals surface area contributed by atoms with Crippen LogP contribution < -0.4 is 10.1 Å². The van der Waals surface area contributed by atoms with Crippen molar-refractivity contribution in [1.82, 2.24) is 25.3 Å². The predicted molar refractivity (Wildman–Crippen MR) is 127 cm³/mol. The van der Waals surface area contributed by atoms with Crippen LogP contribution in [-0.4, -0.2) is 53.2 Å². The average Bonchev–Trinajstić information content (AvgIpc) is 3.23. The molecule has 10 heteroatoms. The minimum atomic E-state index is -0.383. The van der Waals surface area contributed by atoms with E-state index in [1.165, 1.54) is 13.2 Å². The molecular weight excluding hydrogens is 514 g/mol. The fourth-order valence-electron chi connectivity index (χ4n) is 2.84. The van der Waals surface area contributed by atoms with E-state index in [1.807, 2.05) is 43.1 Å². The van der Waals surface area contributed by atoms with Gasteiger partial charge in [-0.15, -0.1) is 24.0 Å². The summed E-state index contributed by atoms with van der Waals surface area (Å²) in [5, 5.41) is 7.23. The third-order valence-electron chi connectivity index (χ3n) is 4.28. The Bertz CT molecular complexity index is 983. The molecular formula is C21H26FIN6O2. The van der Waals surface area contributed by atoms with Gasteiger partial charge in [-0.3, -0.25) is 9.98 Å². The highest BCUT2D eigenvalue weighted by Gasteiger charge is 2.11. The maximum atomic E-state index is 13.9. The van der Waals surface area contributed by atoms with Gasteiger partial charge in [0, 0.05) is 39.3 Å². The van der Waals surface area contributed by atoms with Crippen molar-refractivity contribution in [2.24, 2.45) is 4.99 Å². The molecule has 8 nitrogen and oxygen atoms in total. The molecule has 0 aliphatic rings. The van der Waals surface area contributed by atoms with Crippen LogP contribution >= 0.6 is 24.0 Å². The van der Waals surface area contributed by atoms with Crippen molar-refractivity contribution < 1.29 is 13.7 Å². The Morgan fingerprint density at radius 2 is 2.13 bits per heavy atom. The smallest absolute Gasteiger partial charge is 0.276 e. The molecule has 3 rings (SSSR count). The van der Waals surface area contributed by atoms with Crippen LogP contribution in [0.1, 0.15) is 18.3 Å². The zero-order chi connectivity index (χ0) is 21.3. The van der Waals surface area contributed by atoms with Crippen LogP contribution in [-0.2, 0) is 13.0 Å². The van der Waals surface area contributed by atoms with E-state index >= 15 is 0 Å². The first-order valence-electron chi connectivity index (χ1n) is 9.66. The lowest BCUT2D eigenvalue weighted by molar-refractivity contribution is 0.385. The maximum absolute atomic E-state index is 13.9. The third-order valence-corrected chi connectivity index (χ3v) is 4.28. The van der Waals surface area contributed by atoms with Gasteiger partial charge in [0.15, 0.2) is 23.4 Å². The number of methoxy groups -OCH3 is 1. The van der Waals surface area contributed by atoms with E-state index in [2.05, 4.69) is 25.4 Å². The molecule has 0 saturated carbocycles. The first-order chi connectivity index (χ1) is 14.6. The minimum absolute atomic E-state index is 0. The number of nitrogens with zero attached hydrogens (tertiary/aromatic N) is 5. The molecule has 0 fully saturated rings. The number of pyridine rings is 1. The van der Waals surface area contributed by atoms with Crippen LogP contribution in [0.5, 0.6) is 5.75 Å². The lowest BCUT2D eigenvalue weighted by Gasteiger charge is -2.22. The number of benzene rings is 1. The van der Waals surface area contributed by atoms with Crippen LogP contribution in [0.25, 0.3) is 11.6 Å². The van der Waals surface area contributed by atoms with Gasteiger partial charge in [-0.25, -0.2) is 4.39 Å². The molecule has 1 N–H and O–H groups in total. The molecule has 2 aromatic heterocycles. The van der Waals surface area contributed by atoms with E-state index < -0.39 is 0 Å². The van der Waals surface area contributed by atoms with Gasteiger partial charge in [0.2, 0.25) is 0 Å². The SMILES string of the molecule is CCNC(=NCCc1noc(-c2ccccn2)n1)N(C)Cc1ccc(OC)c(F)c1.I. The highest BCUT2D eigenvalue weighted by Crippen LogP contribution is 2.18. The number of guanidine groups is 1. The molecule has 0 radical (unpaired) electrons. The number of halogens is 2. The number of ether oxygens (including phenoxy) is 1. The van der Waals surface area contributed by atoms with Crippen molar-refractivity contribution in [2.75, 3.05) is 27.2 Å². The third kappa shape index (κ3) is 6.88. The molecule has 0 spiro atoms. The molecule has 1 aromatic carbocycles. The van der Waals surface area contributed by atoms with Crippen molar-refractivity contribution in [3.63, 3.8) is 0 Å². The van der Waals surface area contributed by atoms with Crippen LogP contribution in [0.15, 0.2) is 52.1 Å². The predicted octanol–water partition coefficient (Wildman–Crippen LogP) is 3.54. The van der Waals surface area contributed by atoms with E-state index in [4.69, 9.17) is 9.26 Å². The molecule has 3 aromatic rings. The quantitative estimate of drug-likeness (QED) is 0.266. The van der Waals surface area contributed by atoms with Crippen molar-refractivity contribution in [1.29, 1.82) is 0 Å². The summed E-state index contributed by atoms with van der Waals surface area (Å²) in [6.45, 7) is 3.69. The van der Waals surface area contributed by atoms with E-state index in [1.54, 1.807) is 12.3 Å². The van der Waals surface area contributed by atoms with E-state index in [9.17, 15) is 4.39 Å². The molecule has 0 saturated heterocycles. The van der Waals surface area contributed by atoms with Gasteiger partial charge < -0.3 is 19.5 Å². The number of aromatic nitrogens is 3. The number of hydrogen-bond acceptors (Lipinski definition) is 6. The Kier molecular flexibility index (Phi) is 9.63. The molecule has 0 unspecified atom stereocenters. The fourth-order valence-corrected chi connectivity index (χ4v) is 2.84. The van der Waals surface area contributed by atoms with Crippen LogP contribution in [0.2, 0.25) is 0 Å². The summed E-state index contributed by atoms with van der Waals surface area (Å²) in [6, 6.07) is 10.4. The van der Waals surface area contributed by atoms with Crippen molar-refractivity contribution in [3.8, 4) is 17.3 Å². The second-order valence-corrected chi connectivity index (χ2v) is 6.54. The molecule has 31 heavy (non-hydrogen) atoms. The van der Waals surface area contributed by atoms with Crippen LogP contribution in [0.4, 0.5) is 4.39 Å². The summed E-state index contributed by atoms with van der Waals surface area (Å²) >= 11 is 0. The zero-order valence-electron chi connectivity index (χ0n) is 17.7. The normalized spacial score (nSPS) is 11.0. The average molecular weight is 540 g/mol. The van der Waals surface area contributed by atoms with Gasteiger partial charge in [0.05, 0.1) is 7.11 Å². The monoisotopic (exact) mass is 540 g/mol. The summed E-state index contributed by atoms with van der Waals surface area (Å²) in [5.41, 5.74) is 1.46. The van der Waals surface area contributed by atoms with Crippen molar-refractivity contribution in [3.05, 3.63) is 59.8 Å². The highest BCUT2D eigenvalue weighted by atomic mass is 127. The molecule has 0 bridgehead atoms. The topological polar surface area (TPSA) is 88.7 Å². The molecule has 166 valence electrons. The number of hydrogen-bond donors (Lipinski definition) is 1. The summed E-state index contributed by atoms with van der Waals surface area (Å²) < 4.78 is 24.2. The Morgan fingerprint density at radius 1 is 1.29 bits per heavy atom. The van der Waals surface area contributed by atoms with Gasteiger partial charge in [-0.05, 0) is 36.8 Å². The van der Waals surface area contributed by atoms with Crippen molar-refractivity contribution in [2.45, 2.75) is 19.9 Å². The van der Waals surface area contributed by atoms with Crippen LogP contribution in [0, 0.1) is 5.82 Å². The highest BCUT2D eigenvalue weighted by molar-refractivity contribution is 14.0. The first kappa shape index (κ1) is 24.5. The second kappa shape index (κ2) is 12.2. The zero-order valence-corrected chi connectivity index (χ0v) is 20.0. The molecule has 0 aliphatic heterocycles. The lowest BCUT2D eigenvalue weighted by Crippen LogP contribution is -2.38. The first-order valence-corrected chi connectivity index (χ1v) is 9.66. The largest absolute Gasteiger partial charge is 0.494 e. The maximum Gasteiger partial charge on any atom is 0.276 e. The summed E-state index contributed by atoms with van der Waals surface area (Å²) in [6.07, 6.45) is 2.20. The van der Waals surface area contributed by atoms with Gasteiger partial charge in [0.25, 0.3) is 5.89 Å². The Labute approximate surface area is 197 Å². The molecule has 0 aliphatic carbocycles. The van der Waals surface area contributed by atoms with Gasteiger partial charge in [-0.2, -0.15) is 4.98 Å². The Hall–Kier alpha value is -2.76. The fraction of sp³-hybridized carbons (Fsp3) is 0.333. The van der Waals surface area contributed by atoms with Gasteiger partial charge in [-0.1, -0.05) is 17.3 Å². The molecule has 2 heterocycles. The molecule has 0 amide bonds. The van der Waals surface area contributed by atoms with E-state index in [0.29, 0.717) is 49.4 Å².